The summed E-state index contributed by atoms with van der Waals surface area (Å²) in [7, 11) is 0. The third kappa shape index (κ3) is 2.45. The van der Waals surface area contributed by atoms with Gasteiger partial charge in [-0.15, -0.1) is 11.3 Å². The first-order valence-electron chi connectivity index (χ1n) is 4.29. The molecule has 0 bridgehead atoms. The van der Waals surface area contributed by atoms with Crippen LogP contribution in [0.1, 0.15) is 4.88 Å². The van der Waals surface area contributed by atoms with Crippen molar-refractivity contribution in [1.82, 2.24) is 9.97 Å². The number of rotatable bonds is 3. The summed E-state index contributed by atoms with van der Waals surface area (Å²) in [6, 6.07) is 4.08. The second-order valence-corrected chi connectivity index (χ2v) is 4.68. The zero-order valence-corrected chi connectivity index (χ0v) is 10.2. The highest BCUT2D eigenvalue weighted by atomic mass is 79.9. The van der Waals surface area contributed by atoms with E-state index < -0.39 is 0 Å². The van der Waals surface area contributed by atoms with Crippen LogP contribution in [0.4, 0.5) is 11.6 Å². The van der Waals surface area contributed by atoms with E-state index in [-0.39, 0.29) is 0 Å². The zero-order valence-electron chi connectivity index (χ0n) is 7.77. The first kappa shape index (κ1) is 10.4. The normalized spacial score (nSPS) is 10.2. The Balaban J connectivity index is 2.08. The van der Waals surface area contributed by atoms with E-state index in [4.69, 9.17) is 5.73 Å². The van der Waals surface area contributed by atoms with Crippen molar-refractivity contribution in [2.75, 3.05) is 11.1 Å². The van der Waals surface area contributed by atoms with E-state index in [0.29, 0.717) is 10.3 Å². The fraction of sp³-hybridized carbons (Fsp3) is 0.111. The van der Waals surface area contributed by atoms with Crippen molar-refractivity contribution in [3.05, 3.63) is 33.2 Å². The lowest BCUT2D eigenvalue weighted by Gasteiger charge is -2.06. The van der Waals surface area contributed by atoms with E-state index in [2.05, 4.69) is 37.3 Å². The molecule has 78 valence electrons. The summed E-state index contributed by atoms with van der Waals surface area (Å²) in [6.07, 6.45) is 1.44. The number of nitrogens with one attached hydrogen (secondary N) is 1. The molecular weight excluding hydrogens is 276 g/mol. The van der Waals surface area contributed by atoms with Crippen LogP contribution in [0.15, 0.2) is 28.3 Å². The van der Waals surface area contributed by atoms with Crippen LogP contribution >= 0.6 is 27.3 Å². The van der Waals surface area contributed by atoms with Gasteiger partial charge in [-0.25, -0.2) is 9.97 Å². The summed E-state index contributed by atoms with van der Waals surface area (Å²) < 4.78 is 0.710. The summed E-state index contributed by atoms with van der Waals surface area (Å²) in [6.45, 7) is 0.743. The minimum Gasteiger partial charge on any atom is -0.383 e. The van der Waals surface area contributed by atoms with Crippen molar-refractivity contribution in [2.24, 2.45) is 0 Å². The maximum atomic E-state index is 5.63. The third-order valence-electron chi connectivity index (χ3n) is 1.83. The van der Waals surface area contributed by atoms with Gasteiger partial charge in [-0.05, 0) is 27.4 Å². The largest absolute Gasteiger partial charge is 0.383 e. The number of hydrogen-bond donors (Lipinski definition) is 2. The summed E-state index contributed by atoms with van der Waals surface area (Å²) in [5, 5.41) is 5.23. The van der Waals surface area contributed by atoms with Gasteiger partial charge in [0, 0.05) is 4.88 Å². The van der Waals surface area contributed by atoms with Crippen LogP contribution in [0.2, 0.25) is 0 Å². The highest BCUT2D eigenvalue weighted by Gasteiger charge is 2.05. The van der Waals surface area contributed by atoms with Gasteiger partial charge in [-0.2, -0.15) is 0 Å². The van der Waals surface area contributed by atoms with E-state index in [1.165, 1.54) is 11.2 Å². The molecule has 0 saturated carbocycles. The first-order valence-corrected chi connectivity index (χ1v) is 5.97. The van der Waals surface area contributed by atoms with Gasteiger partial charge in [0.25, 0.3) is 0 Å². The highest BCUT2D eigenvalue weighted by Crippen LogP contribution is 2.24. The Morgan fingerprint density at radius 3 is 3.07 bits per heavy atom. The lowest BCUT2D eigenvalue weighted by molar-refractivity contribution is 1.09. The fourth-order valence-electron chi connectivity index (χ4n) is 1.09. The molecule has 0 aliphatic heterocycles. The molecule has 2 aromatic rings. The number of nitrogens with two attached hydrogens (primary N) is 1. The number of hydrogen-bond acceptors (Lipinski definition) is 5. The van der Waals surface area contributed by atoms with Crippen molar-refractivity contribution < 1.29 is 0 Å². The molecule has 6 heteroatoms. The van der Waals surface area contributed by atoms with E-state index >= 15 is 0 Å². The first-order chi connectivity index (χ1) is 7.27. The number of nitrogen functional groups attached to an aromatic ring is 1. The molecular formula is C9H9BrN4S. The number of halogens is 1. The summed E-state index contributed by atoms with van der Waals surface area (Å²) in [5.74, 6) is 1.16. The smallest absolute Gasteiger partial charge is 0.146 e. The van der Waals surface area contributed by atoms with Gasteiger partial charge in [0.05, 0.1) is 6.54 Å². The molecule has 2 rings (SSSR count). The summed E-state index contributed by atoms with van der Waals surface area (Å²) >= 11 is 5.04. The number of thiophene rings is 1. The Morgan fingerprint density at radius 2 is 2.33 bits per heavy atom. The van der Waals surface area contributed by atoms with Crippen molar-refractivity contribution >= 4 is 38.9 Å². The minimum absolute atomic E-state index is 0.443. The van der Waals surface area contributed by atoms with Gasteiger partial charge in [0.15, 0.2) is 0 Å². The Hall–Kier alpha value is -1.14. The van der Waals surface area contributed by atoms with E-state index in [9.17, 15) is 0 Å². The molecule has 4 nitrogen and oxygen atoms in total. The highest BCUT2D eigenvalue weighted by molar-refractivity contribution is 9.10. The molecule has 2 aromatic heterocycles. The second kappa shape index (κ2) is 4.59. The van der Waals surface area contributed by atoms with Crippen molar-refractivity contribution in [3.63, 3.8) is 0 Å². The molecule has 15 heavy (non-hydrogen) atoms. The van der Waals surface area contributed by atoms with Gasteiger partial charge in [0.1, 0.15) is 22.4 Å². The van der Waals surface area contributed by atoms with Crippen molar-refractivity contribution in [3.8, 4) is 0 Å². The van der Waals surface area contributed by atoms with E-state index in [1.54, 1.807) is 11.3 Å². The van der Waals surface area contributed by atoms with Crippen LogP contribution in [0.3, 0.4) is 0 Å². The van der Waals surface area contributed by atoms with Crippen LogP contribution < -0.4 is 11.1 Å². The Morgan fingerprint density at radius 1 is 1.47 bits per heavy atom. The fourth-order valence-corrected chi connectivity index (χ4v) is 2.08. The molecule has 0 unspecified atom stereocenters. The quantitative estimate of drug-likeness (QED) is 0.909. The van der Waals surface area contributed by atoms with Crippen LogP contribution in [-0.4, -0.2) is 9.97 Å². The number of nitrogens with zero attached hydrogens (tertiary/aromatic N) is 2. The van der Waals surface area contributed by atoms with E-state index in [1.807, 2.05) is 11.4 Å². The van der Waals surface area contributed by atoms with Crippen molar-refractivity contribution in [2.45, 2.75) is 6.54 Å². The van der Waals surface area contributed by atoms with Gasteiger partial charge >= 0.3 is 0 Å². The Kier molecular flexibility index (Phi) is 3.17. The molecule has 0 saturated heterocycles. The standard InChI is InChI=1S/C9H9BrN4S/c10-7-8(11)13-5-14-9(7)12-4-6-2-1-3-15-6/h1-3,5H,4H2,(H3,11,12,13,14). The Bertz CT molecular complexity index is 443. The van der Waals surface area contributed by atoms with Crippen LogP contribution in [-0.2, 0) is 6.54 Å². The maximum Gasteiger partial charge on any atom is 0.146 e. The van der Waals surface area contributed by atoms with Crippen LogP contribution in [0.5, 0.6) is 0 Å². The number of aromatic nitrogens is 2. The van der Waals surface area contributed by atoms with E-state index in [0.717, 1.165) is 12.4 Å². The minimum atomic E-state index is 0.443. The SMILES string of the molecule is Nc1ncnc(NCc2cccs2)c1Br. The second-order valence-electron chi connectivity index (χ2n) is 2.85. The molecule has 0 atom stereocenters. The zero-order chi connectivity index (χ0) is 10.7. The lowest BCUT2D eigenvalue weighted by atomic mass is 10.4. The lowest BCUT2D eigenvalue weighted by Crippen LogP contribution is -2.03. The third-order valence-corrected chi connectivity index (χ3v) is 3.48. The molecule has 0 radical (unpaired) electrons. The molecule has 0 fully saturated rings. The van der Waals surface area contributed by atoms with Crippen LogP contribution in [0, 0.1) is 0 Å². The summed E-state index contributed by atoms with van der Waals surface area (Å²) in [5.41, 5.74) is 5.63. The van der Waals surface area contributed by atoms with Crippen LogP contribution in [0.25, 0.3) is 0 Å². The molecule has 3 N–H and O–H groups in total. The Labute approximate surface area is 99.7 Å². The number of anilines is 2. The van der Waals surface area contributed by atoms with Gasteiger partial charge in [-0.3, -0.25) is 0 Å². The predicted molar refractivity (Wildman–Crippen MR) is 65.8 cm³/mol. The van der Waals surface area contributed by atoms with Gasteiger partial charge in [0.2, 0.25) is 0 Å². The molecule has 2 heterocycles. The maximum absolute atomic E-state index is 5.63. The predicted octanol–water partition coefficient (Wildman–Crippen LogP) is 2.49. The topological polar surface area (TPSA) is 63.8 Å². The monoisotopic (exact) mass is 284 g/mol. The molecule has 0 spiro atoms. The summed E-state index contributed by atoms with van der Waals surface area (Å²) in [4.78, 5) is 9.21. The van der Waals surface area contributed by atoms with Gasteiger partial charge < -0.3 is 11.1 Å². The molecule has 0 aliphatic carbocycles. The van der Waals surface area contributed by atoms with Gasteiger partial charge in [-0.1, -0.05) is 6.07 Å². The molecule has 0 aromatic carbocycles. The molecule has 0 aliphatic rings. The molecule has 0 amide bonds. The van der Waals surface area contributed by atoms with Crippen molar-refractivity contribution in [1.29, 1.82) is 0 Å². The average molecular weight is 285 g/mol. The average Bonchev–Trinajstić information content (AvgIpc) is 2.73.